The molecule has 0 unspecified atom stereocenters. The van der Waals surface area contributed by atoms with Gasteiger partial charge >= 0.3 is 0 Å². The first-order valence-corrected chi connectivity index (χ1v) is 30.1. The summed E-state index contributed by atoms with van der Waals surface area (Å²) in [6, 6.07) is 98.0. The number of fused-ring (bicyclic) bond motifs is 18. The molecule has 18 rings (SSSR count). The topological polar surface area (TPSA) is 58.5 Å². The van der Waals surface area contributed by atoms with Crippen molar-refractivity contribution < 1.29 is 8.83 Å². The summed E-state index contributed by atoms with van der Waals surface area (Å²) in [6.45, 7) is 9.45. The Kier molecular flexibility index (Phi) is 10.3. The highest BCUT2D eigenvalue weighted by atomic mass is 16.4. The normalized spacial score (nSPS) is 14.5. The van der Waals surface area contributed by atoms with Gasteiger partial charge in [-0.1, -0.05) is 173 Å². The van der Waals surface area contributed by atoms with Crippen molar-refractivity contribution in [1.29, 1.82) is 0 Å². The van der Waals surface area contributed by atoms with E-state index in [9.17, 15) is 0 Å². The number of anilines is 6. The summed E-state index contributed by atoms with van der Waals surface area (Å²) in [5.74, 6) is 1.20. The van der Waals surface area contributed by atoms with E-state index in [4.69, 9.17) is 18.8 Å². The van der Waals surface area contributed by atoms with E-state index in [1.165, 1.54) is 89.0 Å². The molecule has 0 aliphatic heterocycles. The van der Waals surface area contributed by atoms with Crippen LogP contribution in [0.25, 0.3) is 89.6 Å². The Hall–Kier alpha value is -10.8. The van der Waals surface area contributed by atoms with E-state index < -0.39 is 5.41 Å². The van der Waals surface area contributed by atoms with E-state index in [2.05, 4.69) is 256 Å². The van der Waals surface area contributed by atoms with Crippen molar-refractivity contribution in [3.05, 3.63) is 311 Å². The summed E-state index contributed by atoms with van der Waals surface area (Å²) >= 11 is 0. The van der Waals surface area contributed by atoms with Gasteiger partial charge in [-0.2, -0.15) is 0 Å². The first kappa shape index (κ1) is 49.6. The fourth-order valence-electron chi connectivity index (χ4n) is 15.4. The summed E-state index contributed by atoms with van der Waals surface area (Å²) in [5, 5.41) is 0. The number of rotatable bonds is 8. The Bertz CT molecular complexity index is 4810. The molecular formula is C81H56N4O2. The van der Waals surface area contributed by atoms with Crippen LogP contribution in [0.3, 0.4) is 0 Å². The van der Waals surface area contributed by atoms with Crippen molar-refractivity contribution in [2.45, 2.75) is 43.9 Å². The SMILES string of the molecule is CC1(C)c2ccccc2-c2ccc(N(c3ccc(-c4nc5ccccc5o4)cc3)c3ccc4c(c3)C3(c5ccccc5-4)c4ccccc4-c4ccc(N(c5ccc(-c6nc7ccccc7o6)cc5)c5ccc6c(c5)C(C)(C)c5ccccc5-6)cc43)cc21. The highest BCUT2D eigenvalue weighted by molar-refractivity contribution is 5.98. The third-order valence-corrected chi connectivity index (χ3v) is 19.6. The van der Waals surface area contributed by atoms with Gasteiger partial charge in [-0.15, -0.1) is 0 Å². The molecule has 87 heavy (non-hydrogen) atoms. The molecule has 14 aromatic rings. The summed E-state index contributed by atoms with van der Waals surface area (Å²) in [4.78, 5) is 14.7. The van der Waals surface area contributed by atoms with Crippen molar-refractivity contribution in [2.24, 2.45) is 0 Å². The van der Waals surface area contributed by atoms with Crippen molar-refractivity contribution in [3.63, 3.8) is 0 Å². The van der Waals surface area contributed by atoms with Crippen molar-refractivity contribution in [1.82, 2.24) is 9.97 Å². The molecule has 0 amide bonds. The van der Waals surface area contributed by atoms with Crippen LogP contribution in [0.1, 0.15) is 72.2 Å². The second-order valence-corrected chi connectivity index (χ2v) is 24.8. The summed E-state index contributed by atoms with van der Waals surface area (Å²) in [6.07, 6.45) is 0. The average Bonchev–Trinajstić information content (AvgIpc) is 1.69. The molecular weight excluding hydrogens is 1060 g/mol. The number of hydrogen-bond donors (Lipinski definition) is 0. The molecule has 412 valence electrons. The molecule has 6 heteroatoms. The van der Waals surface area contributed by atoms with Gasteiger partial charge in [-0.05, 0) is 210 Å². The zero-order chi connectivity index (χ0) is 57.9. The van der Waals surface area contributed by atoms with Crippen LogP contribution >= 0.6 is 0 Å². The molecule has 0 saturated carbocycles. The Morgan fingerprint density at radius 1 is 0.264 bits per heavy atom. The third-order valence-electron chi connectivity index (χ3n) is 19.6. The van der Waals surface area contributed by atoms with Crippen molar-refractivity contribution >= 4 is 56.3 Å². The van der Waals surface area contributed by atoms with Gasteiger partial charge in [0.05, 0.1) is 5.41 Å². The number of nitrogens with zero attached hydrogens (tertiary/aromatic N) is 4. The average molecular weight is 1120 g/mol. The minimum atomic E-state index is -0.683. The van der Waals surface area contributed by atoms with Gasteiger partial charge in [0.2, 0.25) is 11.8 Å². The van der Waals surface area contributed by atoms with Crippen LogP contribution in [0.15, 0.2) is 276 Å². The first-order valence-electron chi connectivity index (χ1n) is 30.1. The zero-order valence-corrected chi connectivity index (χ0v) is 48.5. The van der Waals surface area contributed by atoms with Crippen LogP contribution in [0, 0.1) is 0 Å². The smallest absolute Gasteiger partial charge is 0.227 e. The van der Waals surface area contributed by atoms with Crippen molar-refractivity contribution in [2.75, 3.05) is 9.80 Å². The maximum Gasteiger partial charge on any atom is 0.227 e. The molecule has 0 atom stereocenters. The van der Waals surface area contributed by atoms with E-state index in [1.807, 2.05) is 48.5 Å². The Morgan fingerprint density at radius 3 is 0.931 bits per heavy atom. The lowest BCUT2D eigenvalue weighted by atomic mass is 9.70. The Morgan fingerprint density at radius 2 is 0.552 bits per heavy atom. The molecule has 4 aliphatic rings. The molecule has 2 aromatic heterocycles. The molecule has 0 fully saturated rings. The summed E-state index contributed by atoms with van der Waals surface area (Å²) < 4.78 is 12.7. The van der Waals surface area contributed by atoms with E-state index in [-0.39, 0.29) is 10.8 Å². The first-order chi connectivity index (χ1) is 42.6. The van der Waals surface area contributed by atoms with Crippen LogP contribution in [0.5, 0.6) is 0 Å². The quantitative estimate of drug-likeness (QED) is 0.151. The van der Waals surface area contributed by atoms with E-state index >= 15 is 0 Å². The Labute approximate surface area is 505 Å². The highest BCUT2D eigenvalue weighted by Crippen LogP contribution is 2.64. The number of oxazole rings is 2. The second-order valence-electron chi connectivity index (χ2n) is 24.8. The molecule has 6 nitrogen and oxygen atoms in total. The molecule has 0 bridgehead atoms. The molecule has 0 radical (unpaired) electrons. The van der Waals surface area contributed by atoms with Gasteiger partial charge in [-0.25, -0.2) is 9.97 Å². The molecule has 2 heterocycles. The van der Waals surface area contributed by atoms with Crippen LogP contribution in [-0.4, -0.2) is 9.97 Å². The number of aromatic nitrogens is 2. The van der Waals surface area contributed by atoms with Gasteiger partial charge in [0.25, 0.3) is 0 Å². The van der Waals surface area contributed by atoms with E-state index in [0.29, 0.717) is 11.8 Å². The number of benzene rings is 12. The minimum Gasteiger partial charge on any atom is -0.436 e. The van der Waals surface area contributed by atoms with Crippen molar-refractivity contribution in [3.8, 4) is 67.4 Å². The van der Waals surface area contributed by atoms with E-state index in [0.717, 1.165) is 67.5 Å². The second kappa shape index (κ2) is 18.1. The summed E-state index contributed by atoms with van der Waals surface area (Å²) in [5.41, 5.74) is 30.8. The van der Waals surface area contributed by atoms with Crippen LogP contribution in [0.2, 0.25) is 0 Å². The Balaban J connectivity index is 0.834. The number of para-hydroxylation sites is 4. The fraction of sp³-hybridized carbons (Fsp3) is 0.0864. The predicted molar refractivity (Wildman–Crippen MR) is 353 cm³/mol. The minimum absolute atomic E-state index is 0.203. The van der Waals surface area contributed by atoms with Gasteiger partial charge in [0, 0.05) is 56.1 Å². The standard InChI is InChI=1S/C81H56N4O2/c1-79(2)65-21-9-5-17-57(65)61-41-37-53(45-69(61)79)84(51-33-29-49(30-34-51)77-82-73-25-13-15-27-75(73)86-77)55-39-43-63-59-19-7-11-23-67(59)81(71(63)47-55)68-24-12-8-20-60(68)64-44-40-56(48-72(64)81)85(52-35-31-50(32-36-52)78-83-74-26-14-16-28-76(74)87-78)54-38-42-62-58-18-6-10-22-66(58)80(3,4)70(62)46-54/h5-48H,1-4H3. The molecule has 4 aliphatic carbocycles. The maximum absolute atomic E-state index is 6.33. The molecule has 12 aromatic carbocycles. The molecule has 1 spiro atoms. The highest BCUT2D eigenvalue weighted by Gasteiger charge is 2.52. The summed E-state index contributed by atoms with van der Waals surface area (Å²) in [7, 11) is 0. The predicted octanol–water partition coefficient (Wildman–Crippen LogP) is 21.2. The maximum atomic E-state index is 6.33. The van der Waals surface area contributed by atoms with Gasteiger partial charge in [0.15, 0.2) is 11.2 Å². The van der Waals surface area contributed by atoms with Gasteiger partial charge < -0.3 is 18.6 Å². The lowest BCUT2D eigenvalue weighted by molar-refractivity contribution is 0.619. The van der Waals surface area contributed by atoms with Crippen LogP contribution in [0.4, 0.5) is 34.1 Å². The third kappa shape index (κ3) is 7.04. The van der Waals surface area contributed by atoms with Crippen LogP contribution in [-0.2, 0) is 16.2 Å². The zero-order valence-electron chi connectivity index (χ0n) is 48.5. The fourth-order valence-corrected chi connectivity index (χ4v) is 15.4. The monoisotopic (exact) mass is 1120 g/mol. The van der Waals surface area contributed by atoms with E-state index in [1.54, 1.807) is 0 Å². The van der Waals surface area contributed by atoms with Gasteiger partial charge in [-0.3, -0.25) is 0 Å². The van der Waals surface area contributed by atoms with Gasteiger partial charge in [0.1, 0.15) is 11.0 Å². The lowest BCUT2D eigenvalue weighted by Crippen LogP contribution is -2.26. The van der Waals surface area contributed by atoms with Crippen LogP contribution < -0.4 is 9.80 Å². The molecule has 0 saturated heterocycles. The lowest BCUT2D eigenvalue weighted by Gasteiger charge is -2.34. The molecule has 0 N–H and O–H groups in total. The largest absolute Gasteiger partial charge is 0.436 e. The number of hydrogen-bond acceptors (Lipinski definition) is 6.